The highest BCUT2D eigenvalue weighted by atomic mass is 32.2. The summed E-state index contributed by atoms with van der Waals surface area (Å²) in [6, 6.07) is 7.60. The second-order valence-electron chi connectivity index (χ2n) is 6.36. The first-order chi connectivity index (χ1) is 12.9. The lowest BCUT2D eigenvalue weighted by atomic mass is 10.2. The molecule has 3 rings (SSSR count). The van der Waals surface area contributed by atoms with E-state index in [1.807, 2.05) is 26.1 Å². The molecule has 2 heterocycles. The highest BCUT2D eigenvalue weighted by Gasteiger charge is 2.44. The Labute approximate surface area is 162 Å². The van der Waals surface area contributed by atoms with Crippen molar-refractivity contribution < 1.29 is 21.6 Å². The second-order valence-corrected chi connectivity index (χ2v) is 7.92. The third kappa shape index (κ3) is 5.77. The van der Waals surface area contributed by atoms with E-state index in [9.17, 15) is 21.6 Å². The number of alkyl halides is 3. The molecule has 0 spiro atoms. The third-order valence-corrected chi connectivity index (χ3v) is 4.93. The Morgan fingerprint density at radius 1 is 1.07 bits per heavy atom. The number of halogens is 3. The molecule has 1 aromatic carbocycles. The third-order valence-electron chi connectivity index (χ3n) is 4.00. The van der Waals surface area contributed by atoms with Crippen molar-refractivity contribution >= 4 is 21.5 Å². The molecule has 28 heavy (non-hydrogen) atoms. The number of aromatic nitrogens is 1. The average molecular weight is 414 g/mol. The van der Waals surface area contributed by atoms with Crippen molar-refractivity contribution in [3.8, 4) is 0 Å². The number of hydrogen-bond acceptors (Lipinski definition) is 5. The zero-order valence-electron chi connectivity index (χ0n) is 15.6. The molecule has 0 bridgehead atoms. The van der Waals surface area contributed by atoms with Gasteiger partial charge in [-0.15, -0.1) is 0 Å². The first-order valence-corrected chi connectivity index (χ1v) is 9.83. The lowest BCUT2D eigenvalue weighted by Crippen LogP contribution is -2.34. The lowest BCUT2D eigenvalue weighted by Gasteiger charge is -2.20. The van der Waals surface area contributed by atoms with Gasteiger partial charge in [0.2, 0.25) is 10.0 Å². The molecule has 2 aromatic rings. The molecule has 0 fully saturated rings. The number of hydrogen-bond donors (Lipinski definition) is 1. The summed E-state index contributed by atoms with van der Waals surface area (Å²) in [6.07, 6.45) is -2.52. The molecule has 2 N–H and O–H groups in total. The number of benzene rings is 1. The molecule has 0 saturated carbocycles. The number of sulfonamides is 1. The van der Waals surface area contributed by atoms with Crippen molar-refractivity contribution in [3.05, 3.63) is 53.9 Å². The minimum atomic E-state index is -4.39. The standard InChI is InChI=1S/C11H12F3N3O2S.C7H9N/c1-7-16-10(11(12,13)14)6-17(7)8-2-4-9(5-3-8)20(15,18)19;1-6-3-4-7(2)8-5-6/h2-5,10H,6H2,1H3,(H2,15,18,19);3-5H,1-2H3. The highest BCUT2D eigenvalue weighted by Crippen LogP contribution is 2.30. The van der Waals surface area contributed by atoms with Gasteiger partial charge in [-0.2, -0.15) is 13.2 Å². The number of amidine groups is 1. The molecule has 1 aliphatic rings. The Bertz CT molecular complexity index is 919. The van der Waals surface area contributed by atoms with Crippen molar-refractivity contribution in [2.45, 2.75) is 37.9 Å². The van der Waals surface area contributed by atoms with Gasteiger partial charge < -0.3 is 4.90 Å². The summed E-state index contributed by atoms with van der Waals surface area (Å²) in [5.74, 6) is 0.232. The molecule has 1 unspecified atom stereocenters. The first-order valence-electron chi connectivity index (χ1n) is 8.28. The van der Waals surface area contributed by atoms with Gasteiger partial charge in [-0.3, -0.25) is 9.98 Å². The monoisotopic (exact) mass is 414 g/mol. The smallest absolute Gasteiger partial charge is 0.328 e. The summed E-state index contributed by atoms with van der Waals surface area (Å²) in [6.45, 7) is 5.18. The maximum atomic E-state index is 12.6. The average Bonchev–Trinajstić information content (AvgIpc) is 3.00. The SMILES string of the molecule is CC1=NC(C(F)(F)F)CN1c1ccc(S(N)(=O)=O)cc1.Cc1ccc(C)nc1. The molecular weight excluding hydrogens is 393 g/mol. The van der Waals surface area contributed by atoms with Crippen LogP contribution in [0.1, 0.15) is 18.2 Å². The molecule has 1 aromatic heterocycles. The van der Waals surface area contributed by atoms with Gasteiger partial charge in [-0.1, -0.05) is 6.07 Å². The van der Waals surface area contributed by atoms with E-state index in [1.54, 1.807) is 0 Å². The van der Waals surface area contributed by atoms with E-state index in [1.165, 1.54) is 41.7 Å². The summed E-state index contributed by atoms with van der Waals surface area (Å²) in [4.78, 5) is 8.93. The molecule has 0 aliphatic carbocycles. The van der Waals surface area contributed by atoms with Crippen LogP contribution in [0.25, 0.3) is 0 Å². The van der Waals surface area contributed by atoms with Crippen LogP contribution in [0.5, 0.6) is 0 Å². The Morgan fingerprint density at radius 2 is 1.68 bits per heavy atom. The Morgan fingerprint density at radius 3 is 2.07 bits per heavy atom. The highest BCUT2D eigenvalue weighted by molar-refractivity contribution is 7.89. The largest absolute Gasteiger partial charge is 0.412 e. The van der Waals surface area contributed by atoms with Gasteiger partial charge in [0.05, 0.1) is 11.4 Å². The second kappa shape index (κ2) is 8.27. The number of anilines is 1. The zero-order valence-corrected chi connectivity index (χ0v) is 16.4. The zero-order chi connectivity index (χ0) is 21.1. The number of nitrogens with two attached hydrogens (primary N) is 1. The van der Waals surface area contributed by atoms with E-state index in [0.29, 0.717) is 5.69 Å². The summed E-state index contributed by atoms with van der Waals surface area (Å²) >= 11 is 0. The van der Waals surface area contributed by atoms with Crippen LogP contribution in [0.4, 0.5) is 18.9 Å². The van der Waals surface area contributed by atoms with Crippen LogP contribution in [0.2, 0.25) is 0 Å². The maximum Gasteiger partial charge on any atom is 0.412 e. The van der Waals surface area contributed by atoms with Gasteiger partial charge >= 0.3 is 6.18 Å². The van der Waals surface area contributed by atoms with Crippen LogP contribution in [-0.2, 0) is 10.0 Å². The molecule has 1 aliphatic heterocycles. The van der Waals surface area contributed by atoms with E-state index < -0.39 is 22.2 Å². The van der Waals surface area contributed by atoms with Crippen LogP contribution in [0.15, 0.2) is 52.5 Å². The number of aryl methyl sites for hydroxylation is 2. The van der Waals surface area contributed by atoms with E-state index in [4.69, 9.17) is 5.14 Å². The predicted molar refractivity (Wildman–Crippen MR) is 102 cm³/mol. The summed E-state index contributed by atoms with van der Waals surface area (Å²) in [5.41, 5.74) is 2.73. The molecule has 0 amide bonds. The van der Waals surface area contributed by atoms with Gasteiger partial charge in [-0.25, -0.2) is 13.6 Å². The fourth-order valence-electron chi connectivity index (χ4n) is 2.47. The van der Waals surface area contributed by atoms with Crippen molar-refractivity contribution in [2.24, 2.45) is 10.1 Å². The van der Waals surface area contributed by atoms with Gasteiger partial charge in [0.1, 0.15) is 5.84 Å². The number of rotatable bonds is 2. The molecule has 0 radical (unpaired) electrons. The first kappa shape index (κ1) is 21.8. The molecule has 152 valence electrons. The van der Waals surface area contributed by atoms with Crippen LogP contribution >= 0.6 is 0 Å². The summed E-state index contributed by atoms with van der Waals surface area (Å²) in [5, 5.41) is 4.95. The summed E-state index contributed by atoms with van der Waals surface area (Å²) in [7, 11) is -3.82. The molecule has 10 heteroatoms. The van der Waals surface area contributed by atoms with Gasteiger partial charge in [-0.05, 0) is 56.7 Å². The predicted octanol–water partition coefficient (Wildman–Crippen LogP) is 3.20. The van der Waals surface area contributed by atoms with E-state index >= 15 is 0 Å². The molecule has 6 nitrogen and oxygen atoms in total. The van der Waals surface area contributed by atoms with E-state index in [2.05, 4.69) is 16.0 Å². The molecular formula is C18H21F3N4O2S. The fraction of sp³-hybridized carbons (Fsp3) is 0.333. The van der Waals surface area contributed by atoms with Gasteiger partial charge in [0, 0.05) is 17.6 Å². The van der Waals surface area contributed by atoms with Crippen LogP contribution in [0, 0.1) is 13.8 Å². The van der Waals surface area contributed by atoms with Crippen LogP contribution in [0.3, 0.4) is 0 Å². The van der Waals surface area contributed by atoms with E-state index in [-0.39, 0.29) is 17.3 Å². The van der Waals surface area contributed by atoms with Crippen LogP contribution < -0.4 is 10.0 Å². The Kier molecular flexibility index (Phi) is 6.45. The number of primary sulfonamides is 1. The minimum absolute atomic E-state index is 0.0950. The molecule has 0 saturated heterocycles. The van der Waals surface area contributed by atoms with Crippen LogP contribution in [-0.4, -0.2) is 38.0 Å². The Balaban J connectivity index is 0.000000292. The molecule has 1 atom stereocenters. The topological polar surface area (TPSA) is 88.6 Å². The maximum absolute atomic E-state index is 12.6. The number of pyridine rings is 1. The van der Waals surface area contributed by atoms with Crippen molar-refractivity contribution in [3.63, 3.8) is 0 Å². The van der Waals surface area contributed by atoms with Crippen molar-refractivity contribution in [1.82, 2.24) is 4.98 Å². The summed E-state index contributed by atoms with van der Waals surface area (Å²) < 4.78 is 60.1. The van der Waals surface area contributed by atoms with E-state index in [0.717, 1.165) is 5.69 Å². The lowest BCUT2D eigenvalue weighted by molar-refractivity contribution is -0.142. The van der Waals surface area contributed by atoms with Gasteiger partial charge in [0.25, 0.3) is 0 Å². The number of nitrogens with zero attached hydrogens (tertiary/aromatic N) is 3. The normalized spacial score (nSPS) is 17.0. The van der Waals surface area contributed by atoms with Gasteiger partial charge in [0.15, 0.2) is 6.04 Å². The quantitative estimate of drug-likeness (QED) is 0.817. The number of aliphatic imine (C=N–C) groups is 1. The minimum Gasteiger partial charge on any atom is -0.328 e. The fourth-order valence-corrected chi connectivity index (χ4v) is 2.98. The van der Waals surface area contributed by atoms with Crippen molar-refractivity contribution in [1.29, 1.82) is 0 Å². The Hall–Kier alpha value is -2.46. The van der Waals surface area contributed by atoms with Crippen molar-refractivity contribution in [2.75, 3.05) is 11.4 Å².